The molecule has 3 rings (SSSR count). The molecule has 0 aliphatic carbocycles. The van der Waals surface area contributed by atoms with Gasteiger partial charge in [-0.1, -0.05) is 23.7 Å². The molecule has 1 heterocycles. The number of hydrogen-bond donors (Lipinski definition) is 2. The van der Waals surface area contributed by atoms with Gasteiger partial charge in [0.15, 0.2) is 5.58 Å². The van der Waals surface area contributed by atoms with Gasteiger partial charge >= 0.3 is 5.76 Å². The fraction of sp³-hybridized carbons (Fsp3) is 0.300. The van der Waals surface area contributed by atoms with E-state index in [2.05, 4.69) is 10.0 Å². The zero-order valence-electron chi connectivity index (χ0n) is 16.9. The number of sulfonamides is 1. The molecule has 1 aromatic heterocycles. The lowest BCUT2D eigenvalue weighted by molar-refractivity contribution is -0.122. The first kappa shape index (κ1) is 23.4. The van der Waals surface area contributed by atoms with Gasteiger partial charge in [0.25, 0.3) is 0 Å². The Kier molecular flexibility index (Phi) is 7.47. The Labute approximate surface area is 189 Å². The molecule has 0 spiro atoms. The summed E-state index contributed by atoms with van der Waals surface area (Å²) < 4.78 is 34.7. The monoisotopic (exact) mass is 483 g/mol. The topological polar surface area (TPSA) is 110 Å². The largest absolute Gasteiger partial charge is 0.419 e. The van der Waals surface area contributed by atoms with Crippen LogP contribution in [0.3, 0.4) is 0 Å². The number of oxazole rings is 1. The van der Waals surface area contributed by atoms with Gasteiger partial charge < -0.3 is 9.73 Å². The van der Waals surface area contributed by atoms with Gasteiger partial charge in [0, 0.05) is 24.7 Å². The van der Waals surface area contributed by atoms with Crippen LogP contribution in [0.4, 0.5) is 0 Å². The Morgan fingerprint density at radius 3 is 2.61 bits per heavy atom. The quantitative estimate of drug-likeness (QED) is 0.484. The van der Waals surface area contributed by atoms with Crippen molar-refractivity contribution in [2.75, 3.05) is 12.0 Å². The number of carbonyl (C=O) groups is 1. The molecule has 0 aliphatic rings. The Morgan fingerprint density at radius 1 is 1.23 bits per heavy atom. The third-order valence-electron chi connectivity index (χ3n) is 4.68. The van der Waals surface area contributed by atoms with Gasteiger partial charge in [-0.05, 0) is 48.3 Å². The number of hydrogen-bond acceptors (Lipinski definition) is 6. The Balaban J connectivity index is 1.77. The van der Waals surface area contributed by atoms with Crippen molar-refractivity contribution in [2.24, 2.45) is 7.05 Å². The fourth-order valence-corrected chi connectivity index (χ4v) is 4.77. The van der Waals surface area contributed by atoms with Gasteiger partial charge in [-0.25, -0.2) is 13.2 Å². The number of fused-ring (bicyclic) bond motifs is 1. The SMILES string of the molecule is CSCCC(NS(=O)(=O)c1ccc2c(c1)oc(=O)n2C)C(=O)NCc1ccc(Cl)cc1. The summed E-state index contributed by atoms with van der Waals surface area (Å²) in [6.45, 7) is 0.245. The van der Waals surface area contributed by atoms with Gasteiger partial charge in [-0.3, -0.25) is 9.36 Å². The number of aryl methyl sites for hydroxylation is 1. The summed E-state index contributed by atoms with van der Waals surface area (Å²) in [6.07, 6.45) is 2.19. The Hall–Kier alpha value is -2.27. The highest BCUT2D eigenvalue weighted by molar-refractivity contribution is 7.98. The van der Waals surface area contributed by atoms with Crippen molar-refractivity contribution in [2.45, 2.75) is 23.9 Å². The van der Waals surface area contributed by atoms with E-state index in [0.29, 0.717) is 22.7 Å². The highest BCUT2D eigenvalue weighted by Crippen LogP contribution is 2.19. The molecule has 0 fully saturated rings. The van der Waals surface area contributed by atoms with Gasteiger partial charge in [0.1, 0.15) is 6.04 Å². The molecule has 2 N–H and O–H groups in total. The molecule has 0 saturated heterocycles. The number of aromatic nitrogens is 1. The number of carbonyl (C=O) groups excluding carboxylic acids is 1. The van der Waals surface area contributed by atoms with Crippen LogP contribution in [0, 0.1) is 0 Å². The lowest BCUT2D eigenvalue weighted by atomic mass is 10.2. The molecule has 8 nitrogen and oxygen atoms in total. The fourth-order valence-electron chi connectivity index (χ4n) is 2.93. The molecule has 3 aromatic rings. The average molecular weight is 484 g/mol. The first-order chi connectivity index (χ1) is 14.7. The highest BCUT2D eigenvalue weighted by Gasteiger charge is 2.26. The number of nitrogens with one attached hydrogen (secondary N) is 2. The maximum Gasteiger partial charge on any atom is 0.419 e. The molecule has 31 heavy (non-hydrogen) atoms. The minimum absolute atomic E-state index is 0.0889. The first-order valence-corrected chi connectivity index (χ1v) is 12.6. The second-order valence-corrected chi connectivity index (χ2v) is 9.99. The predicted octanol–water partition coefficient (Wildman–Crippen LogP) is 2.50. The van der Waals surface area contributed by atoms with E-state index < -0.39 is 27.7 Å². The van der Waals surface area contributed by atoms with E-state index in [1.165, 1.54) is 41.6 Å². The minimum Gasteiger partial charge on any atom is -0.408 e. The molecular weight excluding hydrogens is 462 g/mol. The molecule has 1 unspecified atom stereocenters. The zero-order valence-corrected chi connectivity index (χ0v) is 19.3. The third-order valence-corrected chi connectivity index (χ3v) is 7.04. The summed E-state index contributed by atoms with van der Waals surface area (Å²) in [5.74, 6) is -0.425. The summed E-state index contributed by atoms with van der Waals surface area (Å²) in [7, 11) is -2.50. The Bertz CT molecular complexity index is 1240. The Morgan fingerprint density at radius 2 is 1.94 bits per heavy atom. The lowest BCUT2D eigenvalue weighted by Crippen LogP contribution is -2.46. The van der Waals surface area contributed by atoms with Crippen LogP contribution in [0.2, 0.25) is 5.02 Å². The van der Waals surface area contributed by atoms with E-state index in [1.54, 1.807) is 24.3 Å². The molecular formula is C20H22ClN3O5S2. The van der Waals surface area contributed by atoms with E-state index in [4.69, 9.17) is 16.0 Å². The normalized spacial score (nSPS) is 12.7. The van der Waals surface area contributed by atoms with Crippen molar-refractivity contribution in [3.05, 3.63) is 63.6 Å². The minimum atomic E-state index is -4.03. The van der Waals surface area contributed by atoms with Crippen molar-refractivity contribution in [1.82, 2.24) is 14.6 Å². The summed E-state index contributed by atoms with van der Waals surface area (Å²) >= 11 is 7.38. The van der Waals surface area contributed by atoms with Crippen molar-refractivity contribution in [3.8, 4) is 0 Å². The van der Waals surface area contributed by atoms with Crippen molar-refractivity contribution >= 4 is 50.4 Å². The van der Waals surface area contributed by atoms with Crippen LogP contribution >= 0.6 is 23.4 Å². The number of amides is 1. The van der Waals surface area contributed by atoms with Crippen LogP contribution in [0.1, 0.15) is 12.0 Å². The maximum absolute atomic E-state index is 12.9. The summed E-state index contributed by atoms with van der Waals surface area (Å²) in [6, 6.07) is 10.2. The number of thioether (sulfide) groups is 1. The lowest BCUT2D eigenvalue weighted by Gasteiger charge is -2.18. The van der Waals surface area contributed by atoms with Crippen molar-refractivity contribution < 1.29 is 17.6 Å². The van der Waals surface area contributed by atoms with Crippen LogP contribution in [0.15, 0.2) is 56.6 Å². The predicted molar refractivity (Wildman–Crippen MR) is 122 cm³/mol. The van der Waals surface area contributed by atoms with E-state index >= 15 is 0 Å². The first-order valence-electron chi connectivity index (χ1n) is 9.34. The number of benzene rings is 2. The van der Waals surface area contributed by atoms with Crippen LogP contribution in [0.25, 0.3) is 11.1 Å². The second kappa shape index (κ2) is 9.90. The second-order valence-electron chi connectivity index (χ2n) is 6.86. The van der Waals surface area contributed by atoms with E-state index in [1.807, 2.05) is 6.26 Å². The smallest absolute Gasteiger partial charge is 0.408 e. The molecule has 2 aromatic carbocycles. The molecule has 0 saturated carbocycles. The number of halogens is 1. The molecule has 11 heteroatoms. The van der Waals surface area contributed by atoms with Crippen LogP contribution in [-0.4, -0.2) is 36.9 Å². The van der Waals surface area contributed by atoms with E-state index in [-0.39, 0.29) is 17.0 Å². The summed E-state index contributed by atoms with van der Waals surface area (Å²) in [5, 5.41) is 3.35. The molecule has 0 aliphatic heterocycles. The highest BCUT2D eigenvalue weighted by atomic mass is 35.5. The zero-order chi connectivity index (χ0) is 22.6. The van der Waals surface area contributed by atoms with Gasteiger partial charge in [0.05, 0.1) is 10.4 Å². The van der Waals surface area contributed by atoms with Gasteiger partial charge in [-0.2, -0.15) is 16.5 Å². The van der Waals surface area contributed by atoms with E-state index in [0.717, 1.165) is 5.56 Å². The summed E-state index contributed by atoms with van der Waals surface area (Å²) in [5.41, 5.74) is 1.47. The maximum atomic E-state index is 12.9. The molecule has 0 radical (unpaired) electrons. The van der Waals surface area contributed by atoms with Crippen LogP contribution < -0.4 is 15.8 Å². The molecule has 0 bridgehead atoms. The average Bonchev–Trinajstić information content (AvgIpc) is 3.03. The standard InChI is InChI=1S/C20H22ClN3O5S2/c1-24-17-8-7-15(11-18(17)29-20(24)26)31(27,28)23-16(9-10-30-2)19(25)22-12-13-3-5-14(21)6-4-13/h3-8,11,16,23H,9-10,12H2,1-2H3,(H,22,25). The third kappa shape index (κ3) is 5.70. The van der Waals surface area contributed by atoms with Crippen LogP contribution in [-0.2, 0) is 28.4 Å². The molecule has 1 amide bonds. The number of nitrogens with zero attached hydrogens (tertiary/aromatic N) is 1. The van der Waals surface area contributed by atoms with Crippen LogP contribution in [0.5, 0.6) is 0 Å². The van der Waals surface area contributed by atoms with Crippen molar-refractivity contribution in [1.29, 1.82) is 0 Å². The van der Waals surface area contributed by atoms with Gasteiger partial charge in [-0.15, -0.1) is 0 Å². The summed E-state index contributed by atoms with van der Waals surface area (Å²) in [4.78, 5) is 24.3. The number of rotatable bonds is 9. The van der Waals surface area contributed by atoms with E-state index in [9.17, 15) is 18.0 Å². The van der Waals surface area contributed by atoms with Crippen molar-refractivity contribution in [3.63, 3.8) is 0 Å². The molecule has 1 atom stereocenters. The van der Waals surface area contributed by atoms with Gasteiger partial charge in [0.2, 0.25) is 15.9 Å². The molecule has 166 valence electrons.